The molecule has 2 rings (SSSR count). The summed E-state index contributed by atoms with van der Waals surface area (Å²) in [5, 5.41) is 3.56. The Hall–Kier alpha value is -0.540. The third-order valence-corrected chi connectivity index (χ3v) is 4.01. The van der Waals surface area contributed by atoms with E-state index in [1.165, 1.54) is 16.6 Å². The molecule has 1 unspecified atom stereocenters. The van der Waals surface area contributed by atoms with Gasteiger partial charge in [-0.1, -0.05) is 12.1 Å². The summed E-state index contributed by atoms with van der Waals surface area (Å²) in [6, 6.07) is 8.98. The van der Waals surface area contributed by atoms with E-state index in [4.69, 9.17) is 0 Å². The lowest BCUT2D eigenvalue weighted by Gasteiger charge is -2.28. The van der Waals surface area contributed by atoms with Crippen LogP contribution in [0.1, 0.15) is 20.3 Å². The molecule has 1 fully saturated rings. The SMILES string of the molecule is CN(c1ccccc1Br)C1CNC(C)(C)C1. The molecule has 0 saturated carbocycles. The van der Waals surface area contributed by atoms with E-state index in [0.29, 0.717) is 6.04 Å². The molecule has 1 N–H and O–H groups in total. The Bertz CT molecular complexity index is 376. The van der Waals surface area contributed by atoms with Gasteiger partial charge < -0.3 is 10.2 Å². The molecule has 2 nitrogen and oxygen atoms in total. The van der Waals surface area contributed by atoms with Crippen LogP contribution in [0.3, 0.4) is 0 Å². The highest BCUT2D eigenvalue weighted by molar-refractivity contribution is 9.10. The van der Waals surface area contributed by atoms with Crippen LogP contribution in [0.2, 0.25) is 0 Å². The fourth-order valence-electron chi connectivity index (χ4n) is 2.34. The zero-order valence-corrected chi connectivity index (χ0v) is 11.7. The summed E-state index contributed by atoms with van der Waals surface area (Å²) in [6.07, 6.45) is 1.19. The molecule has 1 aromatic carbocycles. The molecule has 0 spiro atoms. The van der Waals surface area contributed by atoms with Crippen molar-refractivity contribution in [2.75, 3.05) is 18.5 Å². The average Bonchev–Trinajstić information content (AvgIpc) is 2.59. The van der Waals surface area contributed by atoms with Crippen molar-refractivity contribution < 1.29 is 0 Å². The third-order valence-electron chi connectivity index (χ3n) is 3.34. The molecule has 0 radical (unpaired) electrons. The second-order valence-electron chi connectivity index (χ2n) is 5.19. The molecule has 0 bridgehead atoms. The van der Waals surface area contributed by atoms with E-state index in [-0.39, 0.29) is 5.54 Å². The van der Waals surface area contributed by atoms with Crippen molar-refractivity contribution in [2.24, 2.45) is 0 Å². The maximum Gasteiger partial charge on any atom is 0.0511 e. The van der Waals surface area contributed by atoms with Gasteiger partial charge in [-0.3, -0.25) is 0 Å². The minimum atomic E-state index is 0.264. The zero-order chi connectivity index (χ0) is 11.8. The molecule has 1 heterocycles. The Morgan fingerprint density at radius 3 is 2.62 bits per heavy atom. The molecule has 1 aromatic rings. The van der Waals surface area contributed by atoms with Crippen molar-refractivity contribution in [1.29, 1.82) is 0 Å². The highest BCUT2D eigenvalue weighted by atomic mass is 79.9. The summed E-state index contributed by atoms with van der Waals surface area (Å²) in [5.41, 5.74) is 1.53. The van der Waals surface area contributed by atoms with E-state index in [9.17, 15) is 0 Å². The van der Waals surface area contributed by atoms with Crippen LogP contribution in [0.25, 0.3) is 0 Å². The minimum Gasteiger partial charge on any atom is -0.369 e. The molecule has 16 heavy (non-hydrogen) atoms. The number of nitrogens with one attached hydrogen (secondary N) is 1. The van der Waals surface area contributed by atoms with Gasteiger partial charge >= 0.3 is 0 Å². The minimum absolute atomic E-state index is 0.264. The van der Waals surface area contributed by atoms with Crippen LogP contribution in [-0.2, 0) is 0 Å². The smallest absolute Gasteiger partial charge is 0.0511 e. The summed E-state index contributed by atoms with van der Waals surface area (Å²) in [7, 11) is 2.17. The fourth-order valence-corrected chi connectivity index (χ4v) is 2.90. The first-order chi connectivity index (χ1) is 7.49. The predicted molar refractivity (Wildman–Crippen MR) is 73.0 cm³/mol. The third kappa shape index (κ3) is 2.41. The molecular weight excluding hydrogens is 264 g/mol. The van der Waals surface area contributed by atoms with E-state index in [2.05, 4.69) is 71.3 Å². The molecule has 1 saturated heterocycles. The molecular formula is C13H19BrN2. The lowest BCUT2D eigenvalue weighted by Crippen LogP contribution is -2.33. The van der Waals surface area contributed by atoms with E-state index in [1.807, 2.05) is 0 Å². The molecule has 0 amide bonds. The Labute approximate surface area is 106 Å². The van der Waals surface area contributed by atoms with E-state index < -0.39 is 0 Å². The van der Waals surface area contributed by atoms with Crippen LogP contribution < -0.4 is 10.2 Å². The van der Waals surface area contributed by atoms with Gasteiger partial charge in [-0.2, -0.15) is 0 Å². The monoisotopic (exact) mass is 282 g/mol. The largest absolute Gasteiger partial charge is 0.369 e. The summed E-state index contributed by atoms with van der Waals surface area (Å²) in [4.78, 5) is 2.37. The van der Waals surface area contributed by atoms with Gasteiger partial charge in [-0.05, 0) is 48.3 Å². The van der Waals surface area contributed by atoms with Gasteiger partial charge in [-0.15, -0.1) is 0 Å². The summed E-state index contributed by atoms with van der Waals surface area (Å²) in [5.74, 6) is 0. The van der Waals surface area contributed by atoms with Crippen molar-refractivity contribution in [3.63, 3.8) is 0 Å². The number of likely N-dealkylation sites (N-methyl/N-ethyl adjacent to an activating group) is 1. The normalized spacial score (nSPS) is 23.4. The van der Waals surface area contributed by atoms with Crippen LogP contribution >= 0.6 is 15.9 Å². The number of hydrogen-bond donors (Lipinski definition) is 1. The number of nitrogens with zero attached hydrogens (tertiary/aromatic N) is 1. The molecule has 1 aliphatic heterocycles. The number of benzene rings is 1. The first-order valence-electron chi connectivity index (χ1n) is 5.72. The van der Waals surface area contributed by atoms with Gasteiger partial charge in [0.05, 0.1) is 5.69 Å². The van der Waals surface area contributed by atoms with E-state index in [1.54, 1.807) is 0 Å². The maximum atomic E-state index is 3.61. The summed E-state index contributed by atoms with van der Waals surface area (Å²) < 4.78 is 1.17. The topological polar surface area (TPSA) is 15.3 Å². The zero-order valence-electron chi connectivity index (χ0n) is 10.1. The van der Waals surface area contributed by atoms with Gasteiger partial charge in [0.1, 0.15) is 0 Å². The van der Waals surface area contributed by atoms with Crippen LogP contribution in [0.4, 0.5) is 5.69 Å². The van der Waals surface area contributed by atoms with E-state index in [0.717, 1.165) is 6.54 Å². The molecule has 1 atom stereocenters. The van der Waals surface area contributed by atoms with Gasteiger partial charge in [0.2, 0.25) is 0 Å². The molecule has 0 aromatic heterocycles. The molecule has 1 aliphatic rings. The second kappa shape index (κ2) is 4.38. The van der Waals surface area contributed by atoms with E-state index >= 15 is 0 Å². The standard InChI is InChI=1S/C13H19BrN2/c1-13(2)8-10(9-15-13)16(3)12-7-5-4-6-11(12)14/h4-7,10,15H,8-9H2,1-3H3. The predicted octanol–water partition coefficient (Wildman–Crippen LogP) is 3.03. The number of anilines is 1. The fraction of sp³-hybridized carbons (Fsp3) is 0.538. The Kier molecular flexibility index (Phi) is 3.27. The second-order valence-corrected chi connectivity index (χ2v) is 6.04. The highest BCUT2D eigenvalue weighted by Gasteiger charge is 2.32. The molecule has 0 aliphatic carbocycles. The quantitative estimate of drug-likeness (QED) is 0.897. The average molecular weight is 283 g/mol. The van der Waals surface area contributed by atoms with Crippen LogP contribution in [-0.4, -0.2) is 25.2 Å². The van der Waals surface area contributed by atoms with Gasteiger partial charge in [-0.25, -0.2) is 0 Å². The molecule has 3 heteroatoms. The lowest BCUT2D eigenvalue weighted by atomic mass is 10.0. The number of rotatable bonds is 2. The van der Waals surface area contributed by atoms with Crippen molar-refractivity contribution in [1.82, 2.24) is 5.32 Å². The van der Waals surface area contributed by atoms with Gasteiger partial charge in [0.15, 0.2) is 0 Å². The number of halogens is 1. The highest BCUT2D eigenvalue weighted by Crippen LogP contribution is 2.30. The maximum absolute atomic E-state index is 3.61. The summed E-state index contributed by atoms with van der Waals surface area (Å²) in [6.45, 7) is 5.59. The Balaban J connectivity index is 2.15. The lowest BCUT2D eigenvalue weighted by molar-refractivity contribution is 0.454. The van der Waals surface area contributed by atoms with Crippen molar-refractivity contribution in [3.05, 3.63) is 28.7 Å². The first-order valence-corrected chi connectivity index (χ1v) is 6.51. The van der Waals surface area contributed by atoms with Crippen molar-refractivity contribution in [3.8, 4) is 0 Å². The van der Waals surface area contributed by atoms with Gasteiger partial charge in [0, 0.05) is 29.6 Å². The number of hydrogen-bond acceptors (Lipinski definition) is 2. The van der Waals surface area contributed by atoms with Gasteiger partial charge in [0.25, 0.3) is 0 Å². The molecule has 88 valence electrons. The van der Waals surface area contributed by atoms with Crippen LogP contribution in [0.15, 0.2) is 28.7 Å². The Morgan fingerprint density at radius 2 is 2.06 bits per heavy atom. The van der Waals surface area contributed by atoms with Crippen molar-refractivity contribution in [2.45, 2.75) is 31.8 Å². The van der Waals surface area contributed by atoms with Crippen LogP contribution in [0.5, 0.6) is 0 Å². The summed E-state index contributed by atoms with van der Waals surface area (Å²) >= 11 is 3.61. The first kappa shape index (κ1) is 11.9. The van der Waals surface area contributed by atoms with Crippen molar-refractivity contribution >= 4 is 21.6 Å². The van der Waals surface area contributed by atoms with Crippen LogP contribution in [0, 0.1) is 0 Å². The number of para-hydroxylation sites is 1. The Morgan fingerprint density at radius 1 is 1.38 bits per heavy atom.